The summed E-state index contributed by atoms with van der Waals surface area (Å²) in [5.74, 6) is 0.582. The molecule has 0 atom stereocenters. The Hall–Kier alpha value is -3.78. The number of ether oxygens (including phenoxy) is 2. The summed E-state index contributed by atoms with van der Waals surface area (Å²) < 4.78 is 25.2. The van der Waals surface area contributed by atoms with Gasteiger partial charge in [-0.25, -0.2) is 9.37 Å². The molecule has 8 heteroatoms. The van der Waals surface area contributed by atoms with Crippen LogP contribution in [-0.4, -0.2) is 42.2 Å². The summed E-state index contributed by atoms with van der Waals surface area (Å²) in [5, 5.41) is 2.86. The van der Waals surface area contributed by atoms with Gasteiger partial charge in [0.15, 0.2) is 11.6 Å². The molecule has 0 radical (unpaired) electrons. The number of aromatic nitrogens is 2. The third-order valence-electron chi connectivity index (χ3n) is 4.88. The summed E-state index contributed by atoms with van der Waals surface area (Å²) in [6, 6.07) is 11.7. The number of carbonyl (C=O) groups excluding carboxylic acids is 1. The van der Waals surface area contributed by atoms with Gasteiger partial charge in [0.05, 0.1) is 19.4 Å². The highest BCUT2D eigenvalue weighted by Crippen LogP contribution is 2.25. The van der Waals surface area contributed by atoms with Gasteiger partial charge in [0, 0.05) is 43.7 Å². The maximum atomic E-state index is 14.4. The van der Waals surface area contributed by atoms with Crippen LogP contribution < -0.4 is 15.0 Å². The van der Waals surface area contributed by atoms with Crippen molar-refractivity contribution in [2.75, 3.05) is 31.2 Å². The summed E-state index contributed by atoms with van der Waals surface area (Å²) in [6.45, 7) is 3.20. The monoisotopic (exact) mass is 434 g/mol. The van der Waals surface area contributed by atoms with Gasteiger partial charge in [-0.2, -0.15) is 0 Å². The fraction of sp³-hybridized carbons (Fsp3) is 0.208. The minimum absolute atomic E-state index is 0.0896. The second kappa shape index (κ2) is 10.5. The molecular formula is C24H23FN4O3. The van der Waals surface area contributed by atoms with Crippen LogP contribution in [0.2, 0.25) is 0 Å². The smallest absolute Gasteiger partial charge is 0.244 e. The van der Waals surface area contributed by atoms with Gasteiger partial charge in [0.25, 0.3) is 0 Å². The first-order valence-electron chi connectivity index (χ1n) is 10.3. The molecule has 0 bridgehead atoms. The number of nitrogens with one attached hydrogen (secondary N) is 1. The van der Waals surface area contributed by atoms with Gasteiger partial charge >= 0.3 is 0 Å². The molecule has 1 fully saturated rings. The highest BCUT2D eigenvalue weighted by Gasteiger charge is 2.15. The first-order valence-corrected chi connectivity index (χ1v) is 10.3. The Kier molecular flexibility index (Phi) is 7.04. The van der Waals surface area contributed by atoms with E-state index in [0.717, 1.165) is 24.5 Å². The lowest BCUT2D eigenvalue weighted by Crippen LogP contribution is -2.37. The summed E-state index contributed by atoms with van der Waals surface area (Å²) in [4.78, 5) is 22.8. The Balaban J connectivity index is 1.34. The number of carbonyl (C=O) groups is 1. The van der Waals surface area contributed by atoms with Crippen LogP contribution in [0.4, 0.5) is 10.2 Å². The molecule has 1 amide bonds. The van der Waals surface area contributed by atoms with Gasteiger partial charge in [-0.15, -0.1) is 0 Å². The molecule has 0 aliphatic carbocycles. The molecule has 164 valence electrons. The van der Waals surface area contributed by atoms with E-state index in [4.69, 9.17) is 9.47 Å². The van der Waals surface area contributed by atoms with E-state index in [2.05, 4.69) is 20.2 Å². The lowest BCUT2D eigenvalue weighted by molar-refractivity contribution is -0.116. The van der Waals surface area contributed by atoms with Gasteiger partial charge in [0.2, 0.25) is 5.91 Å². The molecule has 0 unspecified atom stereocenters. The number of morpholine rings is 1. The zero-order chi connectivity index (χ0) is 22.2. The van der Waals surface area contributed by atoms with E-state index in [0.29, 0.717) is 31.1 Å². The molecule has 0 saturated carbocycles. The van der Waals surface area contributed by atoms with Gasteiger partial charge in [-0.05, 0) is 42.0 Å². The number of nitrogens with zero attached hydrogens (tertiary/aromatic N) is 3. The molecule has 3 aromatic rings. The quantitative estimate of drug-likeness (QED) is 0.573. The highest BCUT2D eigenvalue weighted by molar-refractivity contribution is 5.91. The third-order valence-corrected chi connectivity index (χ3v) is 4.88. The van der Waals surface area contributed by atoms with Gasteiger partial charge < -0.3 is 19.7 Å². The second-order valence-electron chi connectivity index (χ2n) is 7.12. The maximum Gasteiger partial charge on any atom is 0.244 e. The number of amides is 1. The number of anilines is 1. The molecule has 4 rings (SSSR count). The van der Waals surface area contributed by atoms with Crippen LogP contribution in [0.15, 0.2) is 67.1 Å². The Morgan fingerprint density at radius 3 is 2.81 bits per heavy atom. The summed E-state index contributed by atoms with van der Waals surface area (Å²) in [7, 11) is 0. The normalized spacial score (nSPS) is 13.8. The largest absolute Gasteiger partial charge is 0.453 e. The number of halogens is 1. The van der Waals surface area contributed by atoms with Crippen LogP contribution in [-0.2, 0) is 16.1 Å². The molecule has 1 aliphatic heterocycles. The Morgan fingerprint density at radius 2 is 2.03 bits per heavy atom. The molecule has 1 aliphatic rings. The lowest BCUT2D eigenvalue weighted by Gasteiger charge is -2.29. The average molecular weight is 434 g/mol. The van der Waals surface area contributed by atoms with E-state index in [1.165, 1.54) is 24.4 Å². The topological polar surface area (TPSA) is 76.6 Å². The van der Waals surface area contributed by atoms with E-state index in [9.17, 15) is 9.18 Å². The van der Waals surface area contributed by atoms with Crippen LogP contribution in [0.5, 0.6) is 11.5 Å². The number of benzene rings is 1. The maximum absolute atomic E-state index is 14.4. The molecule has 2 aromatic heterocycles. The predicted octanol–water partition coefficient (Wildman–Crippen LogP) is 3.57. The van der Waals surface area contributed by atoms with Crippen molar-refractivity contribution in [3.63, 3.8) is 0 Å². The van der Waals surface area contributed by atoms with Gasteiger partial charge in [-0.3, -0.25) is 9.78 Å². The molecule has 1 N–H and O–H groups in total. The minimum atomic E-state index is -0.526. The molecule has 3 heterocycles. The Morgan fingerprint density at radius 1 is 1.19 bits per heavy atom. The fourth-order valence-electron chi connectivity index (χ4n) is 3.28. The molecule has 1 aromatic carbocycles. The minimum Gasteiger partial charge on any atom is -0.453 e. The van der Waals surface area contributed by atoms with E-state index in [-0.39, 0.29) is 11.7 Å². The van der Waals surface area contributed by atoms with Crippen molar-refractivity contribution in [1.29, 1.82) is 0 Å². The highest BCUT2D eigenvalue weighted by atomic mass is 19.1. The second-order valence-corrected chi connectivity index (χ2v) is 7.12. The Labute approximate surface area is 185 Å². The van der Waals surface area contributed by atoms with Crippen LogP contribution in [0.3, 0.4) is 0 Å². The van der Waals surface area contributed by atoms with E-state index in [1.807, 2.05) is 12.1 Å². The molecule has 7 nitrogen and oxygen atoms in total. The van der Waals surface area contributed by atoms with Crippen molar-refractivity contribution in [3.8, 4) is 11.5 Å². The third kappa shape index (κ3) is 5.67. The number of rotatable bonds is 7. The standard InChI is InChI=1S/C24H23FN4O3/c25-21-15-18(5-7-22(21)32-20-4-2-9-26-17-20)6-8-23(30)28-16-19-3-1-10-27-24(19)29-11-13-31-14-12-29/h1-10,15,17H,11-14,16H2,(H,28,30)/b8-6+. The summed E-state index contributed by atoms with van der Waals surface area (Å²) >= 11 is 0. The van der Waals surface area contributed by atoms with Crippen molar-refractivity contribution in [2.24, 2.45) is 0 Å². The predicted molar refractivity (Wildman–Crippen MR) is 119 cm³/mol. The van der Waals surface area contributed by atoms with E-state index in [1.54, 1.807) is 36.7 Å². The SMILES string of the molecule is O=C(/C=C/c1ccc(Oc2cccnc2)c(F)c1)NCc1cccnc1N1CCOCC1. The number of hydrogen-bond acceptors (Lipinski definition) is 6. The van der Waals surface area contributed by atoms with Gasteiger partial charge in [-0.1, -0.05) is 12.1 Å². The summed E-state index contributed by atoms with van der Waals surface area (Å²) in [5.41, 5.74) is 1.48. The van der Waals surface area contributed by atoms with Crippen molar-refractivity contribution >= 4 is 17.8 Å². The molecule has 0 spiro atoms. The average Bonchev–Trinajstić information content (AvgIpc) is 2.84. The van der Waals surface area contributed by atoms with Crippen LogP contribution in [0, 0.1) is 5.82 Å². The van der Waals surface area contributed by atoms with Crippen molar-refractivity contribution < 1.29 is 18.7 Å². The van der Waals surface area contributed by atoms with Crippen molar-refractivity contribution in [1.82, 2.24) is 15.3 Å². The zero-order valence-corrected chi connectivity index (χ0v) is 17.4. The van der Waals surface area contributed by atoms with Gasteiger partial charge in [0.1, 0.15) is 11.6 Å². The van der Waals surface area contributed by atoms with E-state index >= 15 is 0 Å². The molecule has 32 heavy (non-hydrogen) atoms. The lowest BCUT2D eigenvalue weighted by atomic mass is 10.2. The molecule has 1 saturated heterocycles. The van der Waals surface area contributed by atoms with Crippen molar-refractivity contribution in [2.45, 2.75) is 6.54 Å². The summed E-state index contributed by atoms with van der Waals surface area (Å²) in [6.07, 6.45) is 7.79. The van der Waals surface area contributed by atoms with Crippen LogP contribution in [0.25, 0.3) is 6.08 Å². The zero-order valence-electron chi connectivity index (χ0n) is 17.4. The number of hydrogen-bond donors (Lipinski definition) is 1. The first-order chi connectivity index (χ1) is 15.7. The van der Waals surface area contributed by atoms with E-state index < -0.39 is 5.82 Å². The Bertz CT molecular complexity index is 1090. The fourth-order valence-corrected chi connectivity index (χ4v) is 3.28. The number of pyridine rings is 2. The molecular weight excluding hydrogens is 411 g/mol. The van der Waals surface area contributed by atoms with Crippen LogP contribution in [0.1, 0.15) is 11.1 Å². The first kappa shape index (κ1) is 21.5. The van der Waals surface area contributed by atoms with Crippen molar-refractivity contribution in [3.05, 3.63) is 84.1 Å². The van der Waals surface area contributed by atoms with Crippen LogP contribution >= 0.6 is 0 Å².